The highest BCUT2D eigenvalue weighted by molar-refractivity contribution is 7.90. The number of hydrogen-bond acceptors (Lipinski definition) is 5. The first-order valence-electron chi connectivity index (χ1n) is 9.63. The average Bonchev–Trinajstić information content (AvgIpc) is 3.00. The van der Waals surface area contributed by atoms with Crippen LogP contribution in [0.3, 0.4) is 0 Å². The van der Waals surface area contributed by atoms with E-state index in [1.165, 1.54) is 0 Å². The Morgan fingerprint density at radius 3 is 2.07 bits per heavy atom. The number of sulfonamides is 2. The maximum atomic E-state index is 13.0. The van der Waals surface area contributed by atoms with E-state index in [1.807, 2.05) is 13.8 Å². The van der Waals surface area contributed by atoms with Gasteiger partial charge in [-0.15, -0.1) is 0 Å². The van der Waals surface area contributed by atoms with Gasteiger partial charge in [0.05, 0.1) is 10.6 Å². The minimum Gasteiger partial charge on any atom is -0.320 e. The van der Waals surface area contributed by atoms with Crippen LogP contribution in [0.4, 0.5) is 5.69 Å². The second-order valence-electron chi connectivity index (χ2n) is 6.93. The number of amides is 1. The van der Waals surface area contributed by atoms with Crippen molar-refractivity contribution < 1.29 is 21.6 Å². The maximum Gasteiger partial charge on any atom is 0.256 e. The Hall–Kier alpha value is -2.01. The molecule has 0 atom stereocenters. The highest BCUT2D eigenvalue weighted by Gasteiger charge is 2.33. The van der Waals surface area contributed by atoms with Gasteiger partial charge >= 0.3 is 0 Å². The van der Waals surface area contributed by atoms with Crippen molar-refractivity contribution in [1.82, 2.24) is 9.44 Å². The molecule has 158 valence electrons. The first-order chi connectivity index (χ1) is 13.7. The van der Waals surface area contributed by atoms with Crippen LogP contribution in [0.2, 0.25) is 0 Å². The lowest BCUT2D eigenvalue weighted by atomic mass is 10.1. The molecule has 0 unspecified atom stereocenters. The fourth-order valence-electron chi connectivity index (χ4n) is 3.27. The van der Waals surface area contributed by atoms with Crippen LogP contribution in [0.5, 0.6) is 0 Å². The quantitative estimate of drug-likeness (QED) is 0.491. The van der Waals surface area contributed by atoms with E-state index in [-0.39, 0.29) is 34.1 Å². The van der Waals surface area contributed by atoms with Crippen molar-refractivity contribution in [2.45, 2.75) is 49.3 Å². The highest BCUT2D eigenvalue weighted by Crippen LogP contribution is 2.41. The number of carbonyl (C=O) groups excluding carboxylic acids is 1. The third-order valence-electron chi connectivity index (χ3n) is 4.80. The Labute approximate surface area is 171 Å². The maximum absolute atomic E-state index is 13.0. The standard InChI is InChI=1S/C19H25N3O5S2/c1-3-5-10-20-28(24,25)15-12-16(29(26,27)21-11-6-4-2)18-17-13(15)8-7-9-14(17)19(23)22-18/h7-9,12,20-21H,3-6,10-11H2,1-2H3,(H,22,23). The molecule has 1 aliphatic heterocycles. The molecule has 0 saturated carbocycles. The van der Waals surface area contributed by atoms with Crippen molar-refractivity contribution >= 4 is 42.4 Å². The van der Waals surface area contributed by atoms with Crippen molar-refractivity contribution in [3.8, 4) is 0 Å². The van der Waals surface area contributed by atoms with Crippen LogP contribution in [0.15, 0.2) is 34.1 Å². The van der Waals surface area contributed by atoms with Gasteiger partial charge in [-0.3, -0.25) is 4.79 Å². The van der Waals surface area contributed by atoms with Gasteiger partial charge in [-0.1, -0.05) is 38.8 Å². The van der Waals surface area contributed by atoms with E-state index < -0.39 is 26.0 Å². The topological polar surface area (TPSA) is 121 Å². The van der Waals surface area contributed by atoms with Crippen molar-refractivity contribution in [3.63, 3.8) is 0 Å². The Morgan fingerprint density at radius 2 is 1.48 bits per heavy atom. The van der Waals surface area contributed by atoms with Crippen LogP contribution in [-0.2, 0) is 20.0 Å². The Kier molecular flexibility index (Phi) is 6.27. The number of anilines is 1. The number of unbranched alkanes of at least 4 members (excludes halogenated alkanes) is 2. The molecule has 0 saturated heterocycles. The Morgan fingerprint density at radius 1 is 0.897 bits per heavy atom. The molecule has 2 aromatic rings. The summed E-state index contributed by atoms with van der Waals surface area (Å²) >= 11 is 0. The summed E-state index contributed by atoms with van der Waals surface area (Å²) in [4.78, 5) is 12.0. The molecule has 0 radical (unpaired) electrons. The van der Waals surface area contributed by atoms with Gasteiger partial charge in [0.1, 0.15) is 4.90 Å². The van der Waals surface area contributed by atoms with Crippen molar-refractivity contribution in [3.05, 3.63) is 29.8 Å². The number of rotatable bonds is 10. The van der Waals surface area contributed by atoms with Gasteiger partial charge in [0, 0.05) is 29.4 Å². The fourth-order valence-corrected chi connectivity index (χ4v) is 5.91. The smallest absolute Gasteiger partial charge is 0.256 e. The third kappa shape index (κ3) is 4.16. The summed E-state index contributed by atoms with van der Waals surface area (Å²) in [7, 11) is -7.99. The molecule has 0 spiro atoms. The minimum absolute atomic E-state index is 0.122. The van der Waals surface area contributed by atoms with Crippen molar-refractivity contribution in [1.29, 1.82) is 0 Å². The van der Waals surface area contributed by atoms with Gasteiger partial charge in [0.2, 0.25) is 20.0 Å². The zero-order valence-corrected chi connectivity index (χ0v) is 18.0. The van der Waals surface area contributed by atoms with Crippen LogP contribution >= 0.6 is 0 Å². The average molecular weight is 440 g/mol. The molecule has 0 fully saturated rings. The van der Waals surface area contributed by atoms with Gasteiger partial charge < -0.3 is 5.32 Å². The summed E-state index contributed by atoms with van der Waals surface area (Å²) in [5.74, 6) is -0.455. The third-order valence-corrected chi connectivity index (χ3v) is 7.78. The van der Waals surface area contributed by atoms with E-state index >= 15 is 0 Å². The minimum atomic E-state index is -4.02. The number of hydrogen-bond donors (Lipinski definition) is 3. The van der Waals surface area contributed by atoms with E-state index in [0.29, 0.717) is 23.6 Å². The van der Waals surface area contributed by atoms with E-state index in [2.05, 4.69) is 14.8 Å². The molecule has 1 amide bonds. The number of nitrogens with one attached hydrogen (secondary N) is 3. The van der Waals surface area contributed by atoms with E-state index in [4.69, 9.17) is 0 Å². The van der Waals surface area contributed by atoms with E-state index in [9.17, 15) is 21.6 Å². The summed E-state index contributed by atoms with van der Waals surface area (Å²) in [5.41, 5.74) is 0.380. The molecule has 1 aliphatic rings. The lowest BCUT2D eigenvalue weighted by Crippen LogP contribution is -2.27. The molecule has 2 aromatic carbocycles. The number of benzene rings is 2. The van der Waals surface area contributed by atoms with Gasteiger partial charge in [0.15, 0.2) is 0 Å². The van der Waals surface area contributed by atoms with Gasteiger partial charge in [-0.05, 0) is 25.0 Å². The first kappa shape index (κ1) is 21.7. The molecule has 8 nitrogen and oxygen atoms in total. The highest BCUT2D eigenvalue weighted by atomic mass is 32.2. The van der Waals surface area contributed by atoms with Crippen molar-refractivity contribution in [2.24, 2.45) is 0 Å². The summed E-state index contributed by atoms with van der Waals surface area (Å²) in [6.45, 7) is 4.35. The molecule has 0 aliphatic carbocycles. The van der Waals surface area contributed by atoms with Gasteiger partial charge in [0.25, 0.3) is 5.91 Å². The molecule has 3 N–H and O–H groups in total. The molecule has 29 heavy (non-hydrogen) atoms. The Bertz CT molecular complexity index is 1160. The normalized spacial score (nSPS) is 13.8. The molecular weight excluding hydrogens is 414 g/mol. The number of carbonyl (C=O) groups is 1. The van der Waals surface area contributed by atoms with Crippen LogP contribution in [-0.4, -0.2) is 35.8 Å². The van der Waals surface area contributed by atoms with E-state index in [1.54, 1.807) is 18.2 Å². The summed E-state index contributed by atoms with van der Waals surface area (Å²) < 4.78 is 56.8. The van der Waals surface area contributed by atoms with Crippen LogP contribution in [0.1, 0.15) is 49.9 Å². The zero-order chi connectivity index (χ0) is 21.2. The van der Waals surface area contributed by atoms with Crippen LogP contribution < -0.4 is 14.8 Å². The second kappa shape index (κ2) is 8.39. The van der Waals surface area contributed by atoms with Crippen molar-refractivity contribution in [2.75, 3.05) is 18.4 Å². The molecular formula is C19H25N3O5S2. The fraction of sp³-hybridized carbons (Fsp3) is 0.421. The molecule has 0 aromatic heterocycles. The predicted molar refractivity (Wildman–Crippen MR) is 112 cm³/mol. The Balaban J connectivity index is 2.23. The zero-order valence-electron chi connectivity index (χ0n) is 16.4. The second-order valence-corrected chi connectivity index (χ2v) is 10.4. The molecule has 10 heteroatoms. The predicted octanol–water partition coefficient (Wildman–Crippen LogP) is 2.56. The van der Waals surface area contributed by atoms with Crippen LogP contribution in [0, 0.1) is 0 Å². The molecule has 3 rings (SSSR count). The molecule has 1 heterocycles. The SMILES string of the molecule is CCCCNS(=O)(=O)c1cc(S(=O)(=O)NCCCC)c2cccc3c2c1NC3=O. The summed E-state index contributed by atoms with van der Waals surface area (Å²) in [5, 5.41) is 3.22. The summed E-state index contributed by atoms with van der Waals surface area (Å²) in [6.07, 6.45) is 2.91. The lowest BCUT2D eigenvalue weighted by molar-refractivity contribution is 0.103. The van der Waals surface area contributed by atoms with E-state index in [0.717, 1.165) is 18.9 Å². The van der Waals surface area contributed by atoms with Gasteiger partial charge in [-0.2, -0.15) is 0 Å². The first-order valence-corrected chi connectivity index (χ1v) is 12.6. The lowest BCUT2D eigenvalue weighted by Gasteiger charge is -2.15. The summed E-state index contributed by atoms with van der Waals surface area (Å²) in [6, 6.07) is 5.86. The van der Waals surface area contributed by atoms with Crippen LogP contribution in [0.25, 0.3) is 10.8 Å². The monoisotopic (exact) mass is 439 g/mol. The van der Waals surface area contributed by atoms with Gasteiger partial charge in [-0.25, -0.2) is 26.3 Å². The largest absolute Gasteiger partial charge is 0.320 e. The molecule has 0 bridgehead atoms.